The molecule has 2 N–H and O–H groups in total. The molecule has 2 rings (SSSR count). The van der Waals surface area contributed by atoms with Gasteiger partial charge in [0.05, 0.1) is 24.7 Å². The predicted octanol–water partition coefficient (Wildman–Crippen LogP) is 8.64. The molecule has 0 spiro atoms. The van der Waals surface area contributed by atoms with Crippen molar-refractivity contribution in [2.45, 2.75) is 150 Å². The Morgan fingerprint density at radius 2 is 1.16 bits per heavy atom. The van der Waals surface area contributed by atoms with Gasteiger partial charge in [0, 0.05) is 0 Å². The molecule has 0 aromatic heterocycles. The summed E-state index contributed by atoms with van der Waals surface area (Å²) in [7, 11) is 0. The van der Waals surface area contributed by atoms with E-state index in [9.17, 15) is 29.4 Å². The summed E-state index contributed by atoms with van der Waals surface area (Å²) in [6.07, 6.45) is 11.0. The van der Waals surface area contributed by atoms with Gasteiger partial charge < -0.3 is 19.7 Å². The Bertz CT molecular complexity index is 953. The molecular formula is C36H60O8. The van der Waals surface area contributed by atoms with E-state index in [1.807, 2.05) is 44.2 Å². The number of rotatable bonds is 14. The number of benzene rings is 1. The fourth-order valence-corrected chi connectivity index (χ4v) is 5.12. The quantitative estimate of drug-likeness (QED) is 0.198. The summed E-state index contributed by atoms with van der Waals surface area (Å²) < 4.78 is 10.4. The van der Waals surface area contributed by atoms with Gasteiger partial charge in [-0.05, 0) is 78.7 Å². The Hall–Kier alpha value is -2.90. The standard InChI is InChI=1S/C17H30O4.C17H24O4.C2H6/c2*1-17(2,3)21-15(18)12-14(16(19)20)11-7-10-13-8-5-4-6-9-13;1-2/h13-14H,4-12H2,1-3H3,(H,19,20);4-6,8-9,14H,7,10-12H2,1-3H3,(H,19,20);1-2H3/t2*14-;/m11./s1. The molecule has 0 bridgehead atoms. The molecule has 0 saturated heterocycles. The van der Waals surface area contributed by atoms with Crippen molar-refractivity contribution in [1.29, 1.82) is 0 Å². The molecule has 44 heavy (non-hydrogen) atoms. The predicted molar refractivity (Wildman–Crippen MR) is 174 cm³/mol. The zero-order valence-corrected chi connectivity index (χ0v) is 28.7. The lowest BCUT2D eigenvalue weighted by molar-refractivity contribution is -0.160. The molecule has 0 radical (unpaired) electrons. The number of carbonyl (C=O) groups is 4. The van der Waals surface area contributed by atoms with Crippen LogP contribution in [0.1, 0.15) is 138 Å². The van der Waals surface area contributed by atoms with Crippen LogP contribution in [0.3, 0.4) is 0 Å². The fraction of sp³-hybridized carbons (Fsp3) is 0.722. The Morgan fingerprint density at radius 1 is 0.727 bits per heavy atom. The van der Waals surface area contributed by atoms with E-state index >= 15 is 0 Å². The molecular weight excluding hydrogens is 560 g/mol. The number of esters is 2. The second kappa shape index (κ2) is 21.7. The third-order valence-corrected chi connectivity index (χ3v) is 7.12. The van der Waals surface area contributed by atoms with Crippen LogP contribution >= 0.6 is 0 Å². The maximum absolute atomic E-state index is 11.8. The molecule has 8 heteroatoms. The molecule has 1 aliphatic carbocycles. The van der Waals surface area contributed by atoms with Gasteiger partial charge in [-0.25, -0.2) is 0 Å². The van der Waals surface area contributed by atoms with E-state index in [0.717, 1.165) is 31.6 Å². The number of hydrogen-bond acceptors (Lipinski definition) is 6. The molecule has 0 aliphatic heterocycles. The summed E-state index contributed by atoms with van der Waals surface area (Å²) in [6, 6.07) is 9.91. The van der Waals surface area contributed by atoms with Crippen LogP contribution in [0, 0.1) is 17.8 Å². The molecule has 0 unspecified atom stereocenters. The molecule has 0 heterocycles. The van der Waals surface area contributed by atoms with Crippen LogP contribution in [0.2, 0.25) is 0 Å². The third-order valence-electron chi connectivity index (χ3n) is 7.12. The maximum atomic E-state index is 11.8. The summed E-state index contributed by atoms with van der Waals surface area (Å²) in [5.74, 6) is -3.21. The van der Waals surface area contributed by atoms with Crippen molar-refractivity contribution in [1.82, 2.24) is 0 Å². The Kier molecular flexibility index (Phi) is 20.3. The SMILES string of the molecule is CC.CC(C)(C)OC(=O)C[C@@H](CCCC1CCCCC1)C(=O)O.CC(C)(C)OC(=O)C[C@@H](CCCc1ccccc1)C(=O)O. The van der Waals surface area contributed by atoms with Gasteiger partial charge in [0.1, 0.15) is 11.2 Å². The first kappa shape index (κ1) is 41.1. The van der Waals surface area contributed by atoms with Gasteiger partial charge in [0.25, 0.3) is 0 Å². The molecule has 252 valence electrons. The second-order valence-electron chi connectivity index (χ2n) is 13.5. The molecule has 2 atom stereocenters. The zero-order chi connectivity index (χ0) is 33.8. The van der Waals surface area contributed by atoms with Crippen LogP contribution in [0.25, 0.3) is 0 Å². The maximum Gasteiger partial charge on any atom is 0.307 e. The normalized spacial score (nSPS) is 14.9. The lowest BCUT2D eigenvalue weighted by atomic mass is 9.84. The van der Waals surface area contributed by atoms with Gasteiger partial charge in [0.15, 0.2) is 0 Å². The van der Waals surface area contributed by atoms with E-state index in [1.165, 1.54) is 37.7 Å². The van der Waals surface area contributed by atoms with E-state index in [-0.39, 0.29) is 12.8 Å². The Balaban J connectivity index is 0.000000795. The molecule has 1 saturated carbocycles. The first-order chi connectivity index (χ1) is 20.6. The van der Waals surface area contributed by atoms with Crippen molar-refractivity contribution < 1.29 is 38.9 Å². The van der Waals surface area contributed by atoms with Crippen molar-refractivity contribution in [3.63, 3.8) is 0 Å². The summed E-state index contributed by atoms with van der Waals surface area (Å²) in [5, 5.41) is 18.5. The van der Waals surface area contributed by atoms with E-state index < -0.39 is 46.9 Å². The average molecular weight is 621 g/mol. The van der Waals surface area contributed by atoms with Crippen molar-refractivity contribution in [3.8, 4) is 0 Å². The highest BCUT2D eigenvalue weighted by Gasteiger charge is 2.26. The highest BCUT2D eigenvalue weighted by atomic mass is 16.6. The number of aryl methyl sites for hydroxylation is 1. The molecule has 1 aromatic carbocycles. The van der Waals surface area contributed by atoms with Gasteiger partial charge in [-0.15, -0.1) is 0 Å². The lowest BCUT2D eigenvalue weighted by Gasteiger charge is -2.23. The van der Waals surface area contributed by atoms with Crippen LogP contribution in [-0.2, 0) is 35.1 Å². The van der Waals surface area contributed by atoms with E-state index in [0.29, 0.717) is 12.8 Å². The number of carboxylic acid groups (broad SMARTS) is 2. The van der Waals surface area contributed by atoms with Gasteiger partial charge in [-0.1, -0.05) is 89.1 Å². The minimum absolute atomic E-state index is 0.0166. The summed E-state index contributed by atoms with van der Waals surface area (Å²) in [6.45, 7) is 14.7. The Labute approximate surface area is 266 Å². The Morgan fingerprint density at radius 3 is 1.57 bits per heavy atom. The number of ether oxygens (including phenoxy) is 2. The molecule has 1 aliphatic rings. The largest absolute Gasteiger partial charge is 0.481 e. The smallest absolute Gasteiger partial charge is 0.307 e. The van der Waals surface area contributed by atoms with Crippen molar-refractivity contribution in [3.05, 3.63) is 35.9 Å². The number of carboxylic acids is 2. The van der Waals surface area contributed by atoms with Crippen LogP contribution in [0.15, 0.2) is 30.3 Å². The average Bonchev–Trinajstić information content (AvgIpc) is 2.92. The molecule has 8 nitrogen and oxygen atoms in total. The van der Waals surface area contributed by atoms with Crippen LogP contribution in [0.4, 0.5) is 0 Å². The second-order valence-corrected chi connectivity index (χ2v) is 13.5. The zero-order valence-electron chi connectivity index (χ0n) is 28.7. The topological polar surface area (TPSA) is 127 Å². The van der Waals surface area contributed by atoms with Gasteiger partial charge in [0.2, 0.25) is 0 Å². The number of carbonyl (C=O) groups excluding carboxylic acids is 2. The number of hydrogen-bond donors (Lipinski definition) is 2. The van der Waals surface area contributed by atoms with Crippen LogP contribution in [0.5, 0.6) is 0 Å². The lowest BCUT2D eigenvalue weighted by Crippen LogP contribution is -2.27. The highest BCUT2D eigenvalue weighted by molar-refractivity contribution is 5.79. The first-order valence-corrected chi connectivity index (χ1v) is 16.5. The van der Waals surface area contributed by atoms with Crippen molar-refractivity contribution in [2.75, 3.05) is 0 Å². The van der Waals surface area contributed by atoms with Crippen LogP contribution < -0.4 is 0 Å². The van der Waals surface area contributed by atoms with Gasteiger partial charge in [-0.3, -0.25) is 19.2 Å². The third kappa shape index (κ3) is 21.7. The monoisotopic (exact) mass is 620 g/mol. The minimum Gasteiger partial charge on any atom is -0.481 e. The van der Waals surface area contributed by atoms with E-state index in [1.54, 1.807) is 41.5 Å². The van der Waals surface area contributed by atoms with Crippen molar-refractivity contribution >= 4 is 23.9 Å². The van der Waals surface area contributed by atoms with Gasteiger partial charge in [-0.2, -0.15) is 0 Å². The summed E-state index contributed by atoms with van der Waals surface area (Å²) in [4.78, 5) is 46.0. The summed E-state index contributed by atoms with van der Waals surface area (Å²) in [5.41, 5.74) is 0.0470. The summed E-state index contributed by atoms with van der Waals surface area (Å²) >= 11 is 0. The van der Waals surface area contributed by atoms with E-state index in [4.69, 9.17) is 9.47 Å². The molecule has 1 fully saturated rings. The molecule has 1 aromatic rings. The van der Waals surface area contributed by atoms with E-state index in [2.05, 4.69) is 0 Å². The fourth-order valence-electron chi connectivity index (χ4n) is 5.12. The minimum atomic E-state index is -0.936. The van der Waals surface area contributed by atoms with Crippen molar-refractivity contribution in [2.24, 2.45) is 17.8 Å². The number of aliphatic carboxylic acids is 2. The highest BCUT2D eigenvalue weighted by Crippen LogP contribution is 2.29. The first-order valence-electron chi connectivity index (χ1n) is 16.5. The van der Waals surface area contributed by atoms with Crippen LogP contribution in [-0.4, -0.2) is 45.3 Å². The van der Waals surface area contributed by atoms with Gasteiger partial charge >= 0.3 is 23.9 Å². The molecule has 0 amide bonds.